The molecule has 1 aromatic heterocycles. The van der Waals surface area contributed by atoms with Crippen molar-refractivity contribution in [3.8, 4) is 0 Å². The predicted molar refractivity (Wildman–Crippen MR) is 71.6 cm³/mol. The summed E-state index contributed by atoms with van der Waals surface area (Å²) in [5, 5.41) is 0. The van der Waals surface area contributed by atoms with Crippen LogP contribution in [0.1, 0.15) is 33.1 Å². The molecule has 2 atom stereocenters. The van der Waals surface area contributed by atoms with Gasteiger partial charge in [0.2, 0.25) is 0 Å². The molecule has 1 aromatic rings. The van der Waals surface area contributed by atoms with Crippen LogP contribution in [0.15, 0.2) is 16.7 Å². The van der Waals surface area contributed by atoms with Gasteiger partial charge < -0.3 is 10.6 Å². The third-order valence-corrected chi connectivity index (χ3v) is 3.80. The summed E-state index contributed by atoms with van der Waals surface area (Å²) in [6, 6.07) is 3.06. The summed E-state index contributed by atoms with van der Waals surface area (Å²) < 4.78 is 0.939. The topological polar surface area (TPSA) is 42.2 Å². The van der Waals surface area contributed by atoms with Gasteiger partial charge in [0.25, 0.3) is 0 Å². The van der Waals surface area contributed by atoms with Crippen LogP contribution in [-0.2, 0) is 0 Å². The van der Waals surface area contributed by atoms with Crippen molar-refractivity contribution < 1.29 is 0 Å². The number of hydrogen-bond donors (Lipinski definition) is 1. The van der Waals surface area contributed by atoms with E-state index in [1.165, 1.54) is 12.8 Å². The van der Waals surface area contributed by atoms with Gasteiger partial charge in [-0.05, 0) is 48.2 Å². The highest BCUT2D eigenvalue weighted by Crippen LogP contribution is 2.34. The lowest BCUT2D eigenvalue weighted by molar-refractivity contribution is 0.622. The normalized spacial score (nSPS) is 25.1. The number of aromatic nitrogens is 1. The first-order chi connectivity index (χ1) is 7.63. The minimum absolute atomic E-state index is 0.543. The Labute approximate surface area is 105 Å². The largest absolute Gasteiger partial charge is 0.396 e. The van der Waals surface area contributed by atoms with Crippen LogP contribution in [0.25, 0.3) is 0 Å². The molecule has 2 heterocycles. The molecule has 88 valence electrons. The molecule has 3 nitrogen and oxygen atoms in total. The fraction of sp³-hybridized carbons (Fsp3) is 0.583. The standard InChI is InChI=1S/C12H18BrN3/c1-3-10-5-4-8(2)16(10)12-11(14)6-9(13)7-15-12/h6-8,10H,3-5,14H2,1-2H3. The molecule has 2 unspecified atom stereocenters. The van der Waals surface area contributed by atoms with Crippen LogP contribution in [0.4, 0.5) is 11.5 Å². The molecule has 0 spiro atoms. The fourth-order valence-electron chi connectivity index (χ4n) is 2.52. The van der Waals surface area contributed by atoms with Crippen LogP contribution in [0.3, 0.4) is 0 Å². The molecule has 0 aromatic carbocycles. The second-order valence-electron chi connectivity index (χ2n) is 4.46. The van der Waals surface area contributed by atoms with Crippen LogP contribution in [0.2, 0.25) is 0 Å². The summed E-state index contributed by atoms with van der Waals surface area (Å²) in [5.41, 5.74) is 6.81. The van der Waals surface area contributed by atoms with E-state index in [2.05, 4.69) is 39.7 Å². The number of halogens is 1. The minimum Gasteiger partial charge on any atom is -0.396 e. The molecule has 0 aliphatic carbocycles. The number of anilines is 2. The Hall–Kier alpha value is -0.770. The van der Waals surface area contributed by atoms with Gasteiger partial charge >= 0.3 is 0 Å². The highest BCUT2D eigenvalue weighted by Gasteiger charge is 2.31. The maximum Gasteiger partial charge on any atom is 0.152 e. The van der Waals surface area contributed by atoms with Crippen molar-refractivity contribution in [2.75, 3.05) is 10.6 Å². The average molecular weight is 284 g/mol. The Morgan fingerprint density at radius 2 is 2.31 bits per heavy atom. The van der Waals surface area contributed by atoms with E-state index in [0.29, 0.717) is 12.1 Å². The molecule has 0 amide bonds. The summed E-state index contributed by atoms with van der Waals surface area (Å²) in [5.74, 6) is 0.944. The van der Waals surface area contributed by atoms with E-state index in [0.717, 1.165) is 22.4 Å². The van der Waals surface area contributed by atoms with Crippen LogP contribution in [0.5, 0.6) is 0 Å². The Kier molecular flexibility index (Phi) is 3.38. The lowest BCUT2D eigenvalue weighted by Gasteiger charge is -2.30. The monoisotopic (exact) mass is 283 g/mol. The molecule has 4 heteroatoms. The lowest BCUT2D eigenvalue weighted by atomic mass is 10.1. The van der Waals surface area contributed by atoms with Gasteiger partial charge in [0.05, 0.1) is 5.69 Å². The van der Waals surface area contributed by atoms with Crippen molar-refractivity contribution >= 4 is 27.4 Å². The maximum absolute atomic E-state index is 6.05. The van der Waals surface area contributed by atoms with E-state index < -0.39 is 0 Å². The quantitative estimate of drug-likeness (QED) is 0.906. The van der Waals surface area contributed by atoms with Crippen LogP contribution in [-0.4, -0.2) is 17.1 Å². The van der Waals surface area contributed by atoms with E-state index >= 15 is 0 Å². The first-order valence-corrected chi connectivity index (χ1v) is 6.62. The first-order valence-electron chi connectivity index (χ1n) is 5.82. The molecule has 0 bridgehead atoms. The smallest absolute Gasteiger partial charge is 0.152 e. The van der Waals surface area contributed by atoms with Gasteiger partial charge in [-0.1, -0.05) is 6.92 Å². The van der Waals surface area contributed by atoms with Gasteiger partial charge in [-0.2, -0.15) is 0 Å². The Balaban J connectivity index is 2.34. The molecule has 2 N–H and O–H groups in total. The Bertz CT molecular complexity index is 381. The number of pyridine rings is 1. The lowest BCUT2D eigenvalue weighted by Crippen LogP contribution is -2.35. The summed E-state index contributed by atoms with van der Waals surface area (Å²) in [4.78, 5) is 6.84. The summed E-state index contributed by atoms with van der Waals surface area (Å²) in [6.45, 7) is 4.48. The summed E-state index contributed by atoms with van der Waals surface area (Å²) in [7, 11) is 0. The van der Waals surface area contributed by atoms with E-state index in [4.69, 9.17) is 5.73 Å². The highest BCUT2D eigenvalue weighted by atomic mass is 79.9. The van der Waals surface area contributed by atoms with Crippen LogP contribution >= 0.6 is 15.9 Å². The minimum atomic E-state index is 0.543. The molecular formula is C12H18BrN3. The molecule has 0 radical (unpaired) electrons. The number of hydrogen-bond acceptors (Lipinski definition) is 3. The number of nitrogen functional groups attached to an aromatic ring is 1. The SMILES string of the molecule is CCC1CCC(C)N1c1ncc(Br)cc1N. The molecule has 16 heavy (non-hydrogen) atoms. The predicted octanol–water partition coefficient (Wildman–Crippen LogP) is 3.19. The highest BCUT2D eigenvalue weighted by molar-refractivity contribution is 9.10. The van der Waals surface area contributed by atoms with Crippen LogP contribution in [0, 0.1) is 0 Å². The van der Waals surface area contributed by atoms with E-state index in [1.54, 1.807) is 0 Å². The van der Waals surface area contributed by atoms with Crippen molar-refractivity contribution in [2.45, 2.75) is 45.2 Å². The van der Waals surface area contributed by atoms with Gasteiger partial charge in [0, 0.05) is 22.8 Å². The zero-order valence-electron chi connectivity index (χ0n) is 9.78. The molecule has 1 fully saturated rings. The van der Waals surface area contributed by atoms with Gasteiger partial charge in [0.1, 0.15) is 0 Å². The van der Waals surface area contributed by atoms with Crippen molar-refractivity contribution in [2.24, 2.45) is 0 Å². The van der Waals surface area contributed by atoms with E-state index in [1.807, 2.05) is 12.3 Å². The summed E-state index contributed by atoms with van der Waals surface area (Å²) in [6.07, 6.45) is 5.45. The molecule has 1 saturated heterocycles. The molecule has 2 rings (SSSR count). The Morgan fingerprint density at radius 1 is 1.56 bits per heavy atom. The molecule has 1 aliphatic heterocycles. The van der Waals surface area contributed by atoms with Crippen molar-refractivity contribution in [1.82, 2.24) is 4.98 Å². The second-order valence-corrected chi connectivity index (χ2v) is 5.38. The maximum atomic E-state index is 6.05. The second kappa shape index (κ2) is 4.62. The first kappa shape index (κ1) is 11.7. The van der Waals surface area contributed by atoms with Gasteiger partial charge in [-0.3, -0.25) is 0 Å². The zero-order chi connectivity index (χ0) is 11.7. The zero-order valence-corrected chi connectivity index (χ0v) is 11.4. The van der Waals surface area contributed by atoms with Crippen molar-refractivity contribution in [3.05, 3.63) is 16.7 Å². The Morgan fingerprint density at radius 3 is 2.94 bits per heavy atom. The third-order valence-electron chi connectivity index (χ3n) is 3.36. The van der Waals surface area contributed by atoms with Gasteiger partial charge in [-0.15, -0.1) is 0 Å². The van der Waals surface area contributed by atoms with Crippen molar-refractivity contribution in [1.29, 1.82) is 0 Å². The van der Waals surface area contributed by atoms with Gasteiger partial charge in [-0.25, -0.2) is 4.98 Å². The molecule has 0 saturated carbocycles. The number of nitrogens with zero attached hydrogens (tertiary/aromatic N) is 2. The average Bonchev–Trinajstić information content (AvgIpc) is 2.60. The molecule has 1 aliphatic rings. The van der Waals surface area contributed by atoms with E-state index in [9.17, 15) is 0 Å². The number of nitrogens with two attached hydrogens (primary N) is 1. The van der Waals surface area contributed by atoms with Crippen molar-refractivity contribution in [3.63, 3.8) is 0 Å². The summed E-state index contributed by atoms with van der Waals surface area (Å²) >= 11 is 3.39. The van der Waals surface area contributed by atoms with Crippen LogP contribution < -0.4 is 10.6 Å². The van der Waals surface area contributed by atoms with Gasteiger partial charge in [0.15, 0.2) is 5.82 Å². The third kappa shape index (κ3) is 2.03. The fourth-order valence-corrected chi connectivity index (χ4v) is 2.87. The molecular weight excluding hydrogens is 266 g/mol. The van der Waals surface area contributed by atoms with E-state index in [-0.39, 0.29) is 0 Å². The number of rotatable bonds is 2.